The first-order valence-electron chi connectivity index (χ1n) is 32.9. The molecule has 0 aromatic rings. The van der Waals surface area contributed by atoms with Gasteiger partial charge in [-0.3, -0.25) is 14.4 Å². The second-order valence-electron chi connectivity index (χ2n) is 21.7. The van der Waals surface area contributed by atoms with Crippen molar-refractivity contribution in [2.75, 3.05) is 13.2 Å². The van der Waals surface area contributed by atoms with E-state index in [1.54, 1.807) is 0 Å². The highest BCUT2D eigenvalue weighted by Crippen LogP contribution is 2.17. The molecule has 0 bridgehead atoms. The number of esters is 3. The van der Waals surface area contributed by atoms with Gasteiger partial charge < -0.3 is 14.2 Å². The Morgan fingerprint density at radius 3 is 0.782 bits per heavy atom. The zero-order chi connectivity index (χ0) is 56.4. The van der Waals surface area contributed by atoms with E-state index in [1.165, 1.54) is 161 Å². The summed E-state index contributed by atoms with van der Waals surface area (Å²) in [4.78, 5) is 38.3. The van der Waals surface area contributed by atoms with Gasteiger partial charge in [-0.1, -0.05) is 316 Å². The van der Waals surface area contributed by atoms with E-state index in [4.69, 9.17) is 14.2 Å². The molecule has 0 aromatic carbocycles. The van der Waals surface area contributed by atoms with Crippen LogP contribution in [0.5, 0.6) is 0 Å². The van der Waals surface area contributed by atoms with E-state index in [2.05, 4.69) is 130 Å². The Balaban J connectivity index is 4.41. The van der Waals surface area contributed by atoms with Crippen LogP contribution >= 0.6 is 0 Å². The summed E-state index contributed by atoms with van der Waals surface area (Å²) in [5.74, 6) is -0.943. The Morgan fingerprint density at radius 1 is 0.269 bits per heavy atom. The van der Waals surface area contributed by atoms with Gasteiger partial charge in [-0.05, 0) is 83.5 Å². The molecule has 0 aliphatic rings. The number of hydrogen-bond donors (Lipinski definition) is 0. The average molecular weight is 1080 g/mol. The van der Waals surface area contributed by atoms with Crippen molar-refractivity contribution in [3.63, 3.8) is 0 Å². The van der Waals surface area contributed by atoms with Crippen LogP contribution < -0.4 is 0 Å². The van der Waals surface area contributed by atoms with E-state index in [-0.39, 0.29) is 37.5 Å². The second kappa shape index (κ2) is 65.6. The molecule has 78 heavy (non-hydrogen) atoms. The summed E-state index contributed by atoms with van der Waals surface area (Å²) >= 11 is 0. The lowest BCUT2D eigenvalue weighted by Crippen LogP contribution is -2.30. The van der Waals surface area contributed by atoms with Gasteiger partial charge in [0.2, 0.25) is 0 Å². The van der Waals surface area contributed by atoms with Crippen LogP contribution in [0.25, 0.3) is 0 Å². The van der Waals surface area contributed by atoms with Gasteiger partial charge >= 0.3 is 17.9 Å². The van der Waals surface area contributed by atoms with Crippen LogP contribution in [-0.2, 0) is 28.6 Å². The minimum Gasteiger partial charge on any atom is -0.462 e. The van der Waals surface area contributed by atoms with Gasteiger partial charge in [-0.25, -0.2) is 0 Å². The molecular weight excluding hydrogens is 961 g/mol. The quantitative estimate of drug-likeness (QED) is 0.0261. The topological polar surface area (TPSA) is 78.9 Å². The van der Waals surface area contributed by atoms with Gasteiger partial charge in [-0.2, -0.15) is 0 Å². The van der Waals surface area contributed by atoms with Crippen LogP contribution in [0.4, 0.5) is 0 Å². The number of carbonyl (C=O) groups is 3. The molecule has 0 heterocycles. The lowest BCUT2D eigenvalue weighted by Gasteiger charge is -2.18. The van der Waals surface area contributed by atoms with Gasteiger partial charge in [0.15, 0.2) is 6.10 Å². The molecule has 0 aliphatic carbocycles. The molecule has 0 N–H and O–H groups in total. The third-order valence-corrected chi connectivity index (χ3v) is 14.0. The fourth-order valence-corrected chi connectivity index (χ4v) is 9.15. The molecule has 0 saturated heterocycles. The Kier molecular flexibility index (Phi) is 62.3. The van der Waals surface area contributed by atoms with Crippen LogP contribution in [0, 0.1) is 0 Å². The van der Waals surface area contributed by atoms with Gasteiger partial charge in [0, 0.05) is 19.3 Å². The molecule has 0 spiro atoms. The number of hydrogen-bond acceptors (Lipinski definition) is 6. The van der Waals surface area contributed by atoms with Gasteiger partial charge in [0.25, 0.3) is 0 Å². The molecule has 1 unspecified atom stereocenters. The van der Waals surface area contributed by atoms with E-state index in [1.807, 2.05) is 0 Å². The predicted molar refractivity (Wildman–Crippen MR) is 339 cm³/mol. The van der Waals surface area contributed by atoms with Crippen LogP contribution in [0.2, 0.25) is 0 Å². The summed E-state index contributed by atoms with van der Waals surface area (Å²) < 4.78 is 16.9. The van der Waals surface area contributed by atoms with Crippen LogP contribution in [-0.4, -0.2) is 37.2 Å². The van der Waals surface area contributed by atoms with Crippen molar-refractivity contribution in [2.45, 2.75) is 316 Å². The highest BCUT2D eigenvalue weighted by molar-refractivity contribution is 5.71. The van der Waals surface area contributed by atoms with Crippen molar-refractivity contribution in [3.8, 4) is 0 Å². The fourth-order valence-electron chi connectivity index (χ4n) is 9.15. The number of allylic oxidation sites excluding steroid dienone is 18. The molecular formula is C72H122O6. The van der Waals surface area contributed by atoms with Gasteiger partial charge in [0.1, 0.15) is 13.2 Å². The Morgan fingerprint density at radius 2 is 0.500 bits per heavy atom. The standard InChI is InChI=1S/C72H122O6/c1-4-7-10-13-16-19-22-25-27-29-31-32-33-34-35-36-37-38-39-40-41-43-44-47-50-53-56-59-62-65-71(74)77-68-69(67-76-70(73)64-61-58-55-52-49-46-24-21-18-15-12-9-6-3)78-72(75)66-63-60-57-54-51-48-45-42-30-28-26-23-20-17-14-11-8-5-2/h7,10,16,19,25,27,31-32,34-35,37-38,40-41,44,47,53,56,69H,4-6,8-9,11-15,17-18,20-24,26,28-30,33,36,39,42-43,45-46,48-52,54-55,57-68H2,1-3H3/b10-7-,19-16-,27-25-,32-31-,35-34-,38-37-,41-40-,47-44-,56-53-. The minimum atomic E-state index is -0.800. The molecule has 0 fully saturated rings. The number of ether oxygens (including phenoxy) is 3. The van der Waals surface area contributed by atoms with Crippen molar-refractivity contribution >= 4 is 17.9 Å². The number of unbranched alkanes of at least 4 members (excludes halogenated alkanes) is 30. The highest BCUT2D eigenvalue weighted by Gasteiger charge is 2.19. The van der Waals surface area contributed by atoms with E-state index >= 15 is 0 Å². The van der Waals surface area contributed by atoms with E-state index < -0.39 is 6.10 Å². The van der Waals surface area contributed by atoms with E-state index in [9.17, 15) is 14.4 Å². The average Bonchev–Trinajstić information content (AvgIpc) is 3.44. The van der Waals surface area contributed by atoms with Crippen molar-refractivity contribution in [1.29, 1.82) is 0 Å². The maximum absolute atomic E-state index is 12.9. The zero-order valence-electron chi connectivity index (χ0n) is 51.2. The molecule has 0 aromatic heterocycles. The normalized spacial score (nSPS) is 12.8. The molecule has 0 aliphatic heterocycles. The molecule has 0 amide bonds. The first-order chi connectivity index (χ1) is 38.5. The van der Waals surface area contributed by atoms with Gasteiger partial charge in [0.05, 0.1) is 0 Å². The molecule has 446 valence electrons. The summed E-state index contributed by atoms with van der Waals surface area (Å²) in [5, 5.41) is 0. The maximum atomic E-state index is 12.9. The summed E-state index contributed by atoms with van der Waals surface area (Å²) in [6.07, 6.45) is 89.6. The third kappa shape index (κ3) is 62.9. The molecule has 6 heteroatoms. The summed E-state index contributed by atoms with van der Waals surface area (Å²) in [7, 11) is 0. The van der Waals surface area contributed by atoms with Crippen molar-refractivity contribution < 1.29 is 28.6 Å². The molecule has 0 rings (SSSR count). The number of carbonyl (C=O) groups excluding carboxylic acids is 3. The Bertz CT molecular complexity index is 1570. The lowest BCUT2D eigenvalue weighted by molar-refractivity contribution is -0.167. The van der Waals surface area contributed by atoms with Gasteiger partial charge in [-0.15, -0.1) is 0 Å². The zero-order valence-corrected chi connectivity index (χ0v) is 51.2. The number of rotatable bonds is 59. The lowest BCUT2D eigenvalue weighted by atomic mass is 10.0. The van der Waals surface area contributed by atoms with Crippen LogP contribution in [0.3, 0.4) is 0 Å². The fraction of sp³-hybridized carbons (Fsp3) is 0.708. The van der Waals surface area contributed by atoms with E-state index in [0.29, 0.717) is 19.3 Å². The summed E-state index contributed by atoms with van der Waals surface area (Å²) in [6.45, 7) is 6.51. The predicted octanol–water partition coefficient (Wildman–Crippen LogP) is 22.6. The van der Waals surface area contributed by atoms with Crippen LogP contribution in [0.1, 0.15) is 310 Å². The second-order valence-corrected chi connectivity index (χ2v) is 21.7. The first kappa shape index (κ1) is 74.1. The van der Waals surface area contributed by atoms with Crippen molar-refractivity contribution in [3.05, 3.63) is 109 Å². The smallest absolute Gasteiger partial charge is 0.306 e. The minimum absolute atomic E-state index is 0.0923. The van der Waals surface area contributed by atoms with Crippen molar-refractivity contribution in [2.24, 2.45) is 0 Å². The molecule has 0 radical (unpaired) electrons. The monoisotopic (exact) mass is 1080 g/mol. The molecule has 0 saturated carbocycles. The van der Waals surface area contributed by atoms with Crippen molar-refractivity contribution in [1.82, 2.24) is 0 Å². The first-order valence-corrected chi connectivity index (χ1v) is 32.9. The maximum Gasteiger partial charge on any atom is 0.306 e. The Labute approximate surface area is 482 Å². The highest BCUT2D eigenvalue weighted by atomic mass is 16.6. The summed E-state index contributed by atoms with van der Waals surface area (Å²) in [6, 6.07) is 0. The SMILES string of the molecule is CC/C=C\C/C=C\C/C=C\C/C=C\C/C=C\C/C=C\C/C=C\C/C=C\C/C=C\CCCC(=O)OCC(COC(=O)CCCCCCCCCCCCCCC)OC(=O)CCCCCCCCCCCCCCCCCCCC. The summed E-state index contributed by atoms with van der Waals surface area (Å²) in [5.41, 5.74) is 0. The van der Waals surface area contributed by atoms with Crippen LogP contribution in [0.15, 0.2) is 109 Å². The van der Waals surface area contributed by atoms with E-state index in [0.717, 1.165) is 103 Å². The largest absolute Gasteiger partial charge is 0.462 e. The molecule has 1 atom stereocenters. The molecule has 6 nitrogen and oxygen atoms in total. The Hall–Kier alpha value is -3.93. The third-order valence-electron chi connectivity index (χ3n) is 14.0.